The van der Waals surface area contributed by atoms with Gasteiger partial charge in [-0.25, -0.2) is 8.42 Å². The van der Waals surface area contributed by atoms with Gasteiger partial charge in [-0.3, -0.25) is 0 Å². The Labute approximate surface area is 109 Å². The van der Waals surface area contributed by atoms with Crippen LogP contribution in [0.2, 0.25) is 5.02 Å². The summed E-state index contributed by atoms with van der Waals surface area (Å²) >= 11 is 5.55. The average molecular weight is 244 g/mol. The Balaban J connectivity index is 0.00000169. The maximum absolute atomic E-state index is 10.7. The molecule has 2 N–H and O–H groups in total. The summed E-state index contributed by atoms with van der Waals surface area (Å²) in [6, 6.07) is 2.74. The van der Waals surface area contributed by atoms with E-state index in [9.17, 15) is 13.0 Å². The second-order valence-electron chi connectivity index (χ2n) is 2.54. The molecule has 0 aliphatic rings. The fourth-order valence-electron chi connectivity index (χ4n) is 0.981. The minimum atomic E-state index is -4.55. The van der Waals surface area contributed by atoms with Crippen LogP contribution in [0.4, 0.5) is 5.69 Å². The average Bonchev–Trinajstić information content (AvgIpc) is 1.95. The number of nitrogen functional groups attached to an aromatic ring is 1. The van der Waals surface area contributed by atoms with Gasteiger partial charge in [0.25, 0.3) is 0 Å². The van der Waals surface area contributed by atoms with E-state index in [2.05, 4.69) is 0 Å². The molecule has 7 heteroatoms. The molecule has 1 aromatic rings. The van der Waals surface area contributed by atoms with Gasteiger partial charge in [0.1, 0.15) is 10.1 Å². The molecule has 0 aliphatic carbocycles. The predicted octanol–water partition coefficient (Wildman–Crippen LogP) is -1.86. The Bertz CT molecular complexity index is 446. The molecule has 0 radical (unpaired) electrons. The molecular weight excluding hydrogens is 237 g/mol. The molecule has 0 saturated heterocycles. The van der Waals surface area contributed by atoms with Gasteiger partial charge in [-0.05, 0) is 24.6 Å². The van der Waals surface area contributed by atoms with Crippen LogP contribution in [0.3, 0.4) is 0 Å². The number of hydrogen-bond acceptors (Lipinski definition) is 4. The van der Waals surface area contributed by atoms with Gasteiger partial charge < -0.3 is 10.3 Å². The smallest absolute Gasteiger partial charge is 0.744 e. The topological polar surface area (TPSA) is 83.2 Å². The number of halogens is 1. The molecule has 4 nitrogen and oxygen atoms in total. The number of rotatable bonds is 1. The second-order valence-corrected chi connectivity index (χ2v) is 4.27. The second kappa shape index (κ2) is 4.83. The third-order valence-electron chi connectivity index (χ3n) is 1.65. The zero-order valence-corrected chi connectivity index (χ0v) is 11.3. The first-order chi connectivity index (χ1) is 5.84. The largest absolute Gasteiger partial charge is 1.00 e. The van der Waals surface area contributed by atoms with Crippen molar-refractivity contribution in [3.63, 3.8) is 0 Å². The molecule has 72 valence electrons. The van der Waals surface area contributed by atoms with Crippen LogP contribution < -0.4 is 35.3 Å². The number of benzene rings is 1. The van der Waals surface area contributed by atoms with E-state index < -0.39 is 15.0 Å². The van der Waals surface area contributed by atoms with Crippen LogP contribution in [0.15, 0.2) is 17.0 Å². The van der Waals surface area contributed by atoms with Crippen molar-refractivity contribution in [2.45, 2.75) is 11.8 Å². The molecule has 0 fully saturated rings. The van der Waals surface area contributed by atoms with Crippen molar-refractivity contribution >= 4 is 27.4 Å². The van der Waals surface area contributed by atoms with Crippen LogP contribution >= 0.6 is 11.6 Å². The summed E-state index contributed by atoms with van der Waals surface area (Å²) in [5, 5.41) is -0.0956. The van der Waals surface area contributed by atoms with Gasteiger partial charge in [0, 0.05) is 5.69 Å². The quantitative estimate of drug-likeness (QED) is 0.356. The van der Waals surface area contributed by atoms with Gasteiger partial charge in [-0.2, -0.15) is 0 Å². The van der Waals surface area contributed by atoms with Gasteiger partial charge >= 0.3 is 29.6 Å². The standard InChI is InChI=1S/C7H8ClNO3S.Na/c1-4-6(9)3-2-5(8)7(4)13(10,11)12;/h2-3H,9H2,1H3,(H,10,11,12);/q;+1/p-1. The van der Waals surface area contributed by atoms with Crippen LogP contribution in [0.5, 0.6) is 0 Å². The van der Waals surface area contributed by atoms with Crippen molar-refractivity contribution in [2.24, 2.45) is 0 Å². The van der Waals surface area contributed by atoms with Gasteiger partial charge in [0.05, 0.1) is 9.92 Å². The van der Waals surface area contributed by atoms with Crippen LogP contribution in [-0.4, -0.2) is 13.0 Å². The molecule has 14 heavy (non-hydrogen) atoms. The van der Waals surface area contributed by atoms with Gasteiger partial charge in [0.15, 0.2) is 0 Å². The van der Waals surface area contributed by atoms with Gasteiger partial charge in [-0.15, -0.1) is 0 Å². The van der Waals surface area contributed by atoms with Gasteiger partial charge in [-0.1, -0.05) is 11.6 Å². The van der Waals surface area contributed by atoms with E-state index in [-0.39, 0.29) is 45.8 Å². The van der Waals surface area contributed by atoms with Crippen molar-refractivity contribution < 1.29 is 42.5 Å². The summed E-state index contributed by atoms with van der Waals surface area (Å²) in [6.45, 7) is 1.44. The summed E-state index contributed by atoms with van der Waals surface area (Å²) in [7, 11) is -4.55. The zero-order valence-electron chi connectivity index (χ0n) is 7.74. The fraction of sp³-hybridized carbons (Fsp3) is 0.143. The maximum Gasteiger partial charge on any atom is 1.00 e. The summed E-state index contributed by atoms with van der Waals surface area (Å²) in [5.41, 5.74) is 5.86. The first-order valence-electron chi connectivity index (χ1n) is 3.34. The fourth-order valence-corrected chi connectivity index (χ4v) is 2.27. The van der Waals surface area contributed by atoms with Crippen LogP contribution in [0, 0.1) is 6.92 Å². The molecule has 0 aliphatic heterocycles. The predicted molar refractivity (Wildman–Crippen MR) is 48.6 cm³/mol. The maximum atomic E-state index is 10.7. The van der Waals surface area contributed by atoms with E-state index in [0.29, 0.717) is 0 Å². The van der Waals surface area contributed by atoms with E-state index in [1.54, 1.807) is 0 Å². The van der Waals surface area contributed by atoms with Crippen LogP contribution in [0.25, 0.3) is 0 Å². The minimum Gasteiger partial charge on any atom is -0.744 e. The first kappa shape index (κ1) is 14.2. The van der Waals surface area contributed by atoms with Crippen molar-refractivity contribution in [1.82, 2.24) is 0 Å². The third-order valence-corrected chi connectivity index (χ3v) is 3.10. The van der Waals surface area contributed by atoms with Crippen molar-refractivity contribution in [2.75, 3.05) is 5.73 Å². The number of anilines is 1. The molecule has 0 amide bonds. The van der Waals surface area contributed by atoms with E-state index >= 15 is 0 Å². The van der Waals surface area contributed by atoms with E-state index in [1.165, 1.54) is 19.1 Å². The summed E-state index contributed by atoms with van der Waals surface area (Å²) < 4.78 is 32.2. The summed E-state index contributed by atoms with van der Waals surface area (Å²) in [5.74, 6) is 0. The van der Waals surface area contributed by atoms with Crippen molar-refractivity contribution in [3.05, 3.63) is 22.7 Å². The molecule has 0 unspecified atom stereocenters. The first-order valence-corrected chi connectivity index (χ1v) is 5.13. The third kappa shape index (κ3) is 2.85. The summed E-state index contributed by atoms with van der Waals surface area (Å²) in [6.07, 6.45) is 0. The summed E-state index contributed by atoms with van der Waals surface area (Å²) in [4.78, 5) is -0.436. The van der Waals surface area contributed by atoms with Crippen LogP contribution in [0.1, 0.15) is 5.56 Å². The van der Waals surface area contributed by atoms with Crippen LogP contribution in [-0.2, 0) is 10.1 Å². The number of nitrogens with two attached hydrogens (primary N) is 1. The Morgan fingerprint density at radius 3 is 2.29 bits per heavy atom. The molecule has 0 atom stereocenters. The molecular formula is C7H7ClNNaO3S. The Kier molecular flexibility index (Phi) is 4.90. The molecule has 0 aromatic heterocycles. The van der Waals surface area contributed by atoms with E-state index in [1.807, 2.05) is 0 Å². The van der Waals surface area contributed by atoms with Crippen molar-refractivity contribution in [1.29, 1.82) is 0 Å². The zero-order chi connectivity index (χ0) is 10.2. The molecule has 0 heterocycles. The molecule has 0 bridgehead atoms. The Hall–Kier alpha value is 0.220. The van der Waals surface area contributed by atoms with E-state index in [0.717, 1.165) is 0 Å². The molecule has 0 spiro atoms. The number of hydrogen-bond donors (Lipinski definition) is 1. The normalized spacial score (nSPS) is 10.8. The molecule has 1 aromatic carbocycles. The van der Waals surface area contributed by atoms with Crippen molar-refractivity contribution in [3.8, 4) is 0 Å². The molecule has 0 saturated carbocycles. The van der Waals surface area contributed by atoms with Gasteiger partial charge in [0.2, 0.25) is 0 Å². The molecule has 1 rings (SSSR count). The Morgan fingerprint density at radius 1 is 1.43 bits per heavy atom. The van der Waals surface area contributed by atoms with E-state index in [4.69, 9.17) is 17.3 Å². The SMILES string of the molecule is Cc1c(N)ccc(Cl)c1S(=O)(=O)[O-].[Na+]. The monoisotopic (exact) mass is 243 g/mol. The Morgan fingerprint density at radius 2 is 1.93 bits per heavy atom. The minimum absolute atomic E-state index is 0.